The normalized spacial score (nSPS) is 13.9. The number of nitrogens with zero attached hydrogens (tertiary/aromatic N) is 2. The minimum absolute atomic E-state index is 0.129. The number of hydrogen-bond acceptors (Lipinski definition) is 4. The van der Waals surface area contributed by atoms with Crippen LogP contribution in [0.5, 0.6) is 0 Å². The molecule has 6 nitrogen and oxygen atoms in total. The maximum atomic E-state index is 12.2. The maximum Gasteiger partial charge on any atom is 0.224 e. The highest BCUT2D eigenvalue weighted by molar-refractivity contribution is 5.79. The second-order valence-corrected chi connectivity index (χ2v) is 6.33. The predicted molar refractivity (Wildman–Crippen MR) is 87.1 cm³/mol. The third-order valence-corrected chi connectivity index (χ3v) is 4.25. The fourth-order valence-corrected chi connectivity index (χ4v) is 2.83. The number of carbonyl (C=O) groups is 1. The van der Waals surface area contributed by atoms with Gasteiger partial charge in [-0.3, -0.25) is 9.48 Å². The summed E-state index contributed by atoms with van der Waals surface area (Å²) in [5, 5.41) is 17.7. The van der Waals surface area contributed by atoms with E-state index in [9.17, 15) is 9.90 Å². The Hall–Kier alpha value is -2.08. The topological polar surface area (TPSA) is 80.3 Å². The van der Waals surface area contributed by atoms with Crippen LogP contribution in [-0.4, -0.2) is 27.3 Å². The Labute approximate surface area is 136 Å². The van der Waals surface area contributed by atoms with Gasteiger partial charge in [0.05, 0.1) is 18.7 Å². The van der Waals surface area contributed by atoms with Crippen molar-refractivity contribution in [1.29, 1.82) is 0 Å². The van der Waals surface area contributed by atoms with Crippen LogP contribution in [0.3, 0.4) is 0 Å². The zero-order valence-electron chi connectivity index (χ0n) is 14.6. The van der Waals surface area contributed by atoms with E-state index in [4.69, 9.17) is 4.42 Å². The second-order valence-electron chi connectivity index (χ2n) is 6.33. The van der Waals surface area contributed by atoms with Crippen molar-refractivity contribution in [2.24, 2.45) is 7.05 Å². The van der Waals surface area contributed by atoms with E-state index < -0.39 is 5.60 Å². The minimum atomic E-state index is -1.17. The average Bonchev–Trinajstić information content (AvgIpc) is 2.91. The monoisotopic (exact) mass is 319 g/mol. The lowest BCUT2D eigenvalue weighted by Gasteiger charge is -2.23. The first-order valence-corrected chi connectivity index (χ1v) is 7.67. The third kappa shape index (κ3) is 3.64. The first-order valence-electron chi connectivity index (χ1n) is 7.67. The molecule has 2 aromatic rings. The molecule has 0 aromatic carbocycles. The summed E-state index contributed by atoms with van der Waals surface area (Å²) in [5.74, 6) is 1.27. The zero-order chi connectivity index (χ0) is 17.4. The van der Waals surface area contributed by atoms with E-state index in [2.05, 4.69) is 10.4 Å². The van der Waals surface area contributed by atoms with Crippen LogP contribution in [0.2, 0.25) is 0 Å². The van der Waals surface area contributed by atoms with Gasteiger partial charge >= 0.3 is 0 Å². The minimum Gasteiger partial charge on any atom is -0.466 e. The van der Waals surface area contributed by atoms with Crippen molar-refractivity contribution in [2.45, 2.75) is 46.6 Å². The number of nitrogens with one attached hydrogen (secondary N) is 1. The molecule has 2 heterocycles. The Morgan fingerprint density at radius 1 is 1.39 bits per heavy atom. The van der Waals surface area contributed by atoms with E-state index in [1.165, 1.54) is 0 Å². The largest absolute Gasteiger partial charge is 0.466 e. The second kappa shape index (κ2) is 6.20. The van der Waals surface area contributed by atoms with Crippen molar-refractivity contribution in [3.63, 3.8) is 0 Å². The molecule has 2 N–H and O–H groups in total. The van der Waals surface area contributed by atoms with E-state index in [0.717, 1.165) is 22.7 Å². The third-order valence-electron chi connectivity index (χ3n) is 4.25. The first kappa shape index (κ1) is 17.3. The van der Waals surface area contributed by atoms with Crippen molar-refractivity contribution in [2.75, 3.05) is 6.54 Å². The van der Waals surface area contributed by atoms with Gasteiger partial charge in [0.15, 0.2) is 0 Å². The van der Waals surface area contributed by atoms with E-state index in [-0.39, 0.29) is 18.9 Å². The standard InChI is InChI=1S/C17H25N3O3/c1-10-7-15(13(4)23-10)17(5,22)9-18-16(21)8-14-11(2)19-20(6)12(14)3/h7,22H,8-9H2,1-6H3,(H,18,21). The molecule has 0 radical (unpaired) electrons. The van der Waals surface area contributed by atoms with Crippen LogP contribution in [-0.2, 0) is 23.9 Å². The molecule has 0 spiro atoms. The number of aryl methyl sites for hydroxylation is 4. The molecular formula is C17H25N3O3. The fourth-order valence-electron chi connectivity index (χ4n) is 2.83. The van der Waals surface area contributed by atoms with Crippen molar-refractivity contribution >= 4 is 5.91 Å². The van der Waals surface area contributed by atoms with Gasteiger partial charge < -0.3 is 14.8 Å². The van der Waals surface area contributed by atoms with Crippen LogP contribution in [0.1, 0.15) is 41.0 Å². The molecule has 23 heavy (non-hydrogen) atoms. The van der Waals surface area contributed by atoms with Crippen molar-refractivity contribution in [1.82, 2.24) is 15.1 Å². The Morgan fingerprint density at radius 2 is 2.04 bits per heavy atom. The van der Waals surface area contributed by atoms with Gasteiger partial charge in [0.25, 0.3) is 0 Å². The smallest absolute Gasteiger partial charge is 0.224 e. The number of aromatic nitrogens is 2. The summed E-state index contributed by atoms with van der Waals surface area (Å²) in [6.45, 7) is 9.27. The lowest BCUT2D eigenvalue weighted by atomic mass is 9.96. The number of amides is 1. The number of hydrogen-bond donors (Lipinski definition) is 2. The number of aliphatic hydroxyl groups is 1. The van der Waals surface area contributed by atoms with Crippen LogP contribution in [0.25, 0.3) is 0 Å². The van der Waals surface area contributed by atoms with Crippen LogP contribution in [0.15, 0.2) is 10.5 Å². The number of rotatable bonds is 5. The molecule has 0 bridgehead atoms. The SMILES string of the molecule is Cc1cc(C(C)(O)CNC(=O)Cc2c(C)nn(C)c2C)c(C)o1. The van der Waals surface area contributed by atoms with Gasteiger partial charge in [0.2, 0.25) is 5.91 Å². The summed E-state index contributed by atoms with van der Waals surface area (Å²) in [4.78, 5) is 12.2. The van der Waals surface area contributed by atoms with Crippen molar-refractivity contribution in [3.8, 4) is 0 Å². The number of furan rings is 1. The summed E-state index contributed by atoms with van der Waals surface area (Å²) < 4.78 is 7.22. The molecule has 0 aliphatic carbocycles. The van der Waals surface area contributed by atoms with Crippen LogP contribution < -0.4 is 5.32 Å². The Bertz CT molecular complexity index is 726. The first-order chi connectivity index (χ1) is 10.6. The maximum absolute atomic E-state index is 12.2. The molecule has 1 amide bonds. The van der Waals surface area contributed by atoms with E-state index in [1.807, 2.05) is 27.8 Å². The Kier molecular flexibility index (Phi) is 4.66. The fraction of sp³-hybridized carbons (Fsp3) is 0.529. The summed E-state index contributed by atoms with van der Waals surface area (Å²) in [7, 11) is 1.86. The molecule has 0 saturated heterocycles. The van der Waals surface area contributed by atoms with Gasteiger partial charge in [0.1, 0.15) is 17.1 Å². The number of carbonyl (C=O) groups excluding carboxylic acids is 1. The molecule has 6 heteroatoms. The average molecular weight is 319 g/mol. The van der Waals surface area contributed by atoms with Crippen LogP contribution >= 0.6 is 0 Å². The predicted octanol–water partition coefficient (Wildman–Crippen LogP) is 1.81. The Balaban J connectivity index is 2.02. The lowest BCUT2D eigenvalue weighted by molar-refractivity contribution is -0.121. The van der Waals surface area contributed by atoms with Gasteiger partial charge in [0, 0.05) is 23.9 Å². The van der Waals surface area contributed by atoms with Crippen LogP contribution in [0.4, 0.5) is 0 Å². The summed E-state index contributed by atoms with van der Waals surface area (Å²) >= 11 is 0. The molecule has 0 aliphatic rings. The molecular weight excluding hydrogens is 294 g/mol. The molecule has 0 saturated carbocycles. The Morgan fingerprint density at radius 3 is 2.52 bits per heavy atom. The molecule has 126 valence electrons. The lowest BCUT2D eigenvalue weighted by Crippen LogP contribution is -2.39. The van der Waals surface area contributed by atoms with E-state index in [1.54, 1.807) is 24.6 Å². The van der Waals surface area contributed by atoms with Gasteiger partial charge in [-0.1, -0.05) is 0 Å². The molecule has 1 atom stereocenters. The van der Waals surface area contributed by atoms with Gasteiger partial charge in [-0.25, -0.2) is 0 Å². The van der Waals surface area contributed by atoms with Gasteiger partial charge in [-0.15, -0.1) is 0 Å². The molecule has 2 rings (SSSR count). The van der Waals surface area contributed by atoms with Gasteiger partial charge in [-0.05, 0) is 40.7 Å². The highest BCUT2D eigenvalue weighted by Gasteiger charge is 2.28. The molecule has 0 fully saturated rings. The molecule has 0 aliphatic heterocycles. The van der Waals surface area contributed by atoms with E-state index >= 15 is 0 Å². The highest BCUT2D eigenvalue weighted by Crippen LogP contribution is 2.26. The van der Waals surface area contributed by atoms with Crippen LogP contribution in [0, 0.1) is 27.7 Å². The highest BCUT2D eigenvalue weighted by atomic mass is 16.3. The summed E-state index contributed by atoms with van der Waals surface area (Å²) in [5.41, 5.74) is 2.29. The van der Waals surface area contributed by atoms with Crippen molar-refractivity contribution in [3.05, 3.63) is 40.1 Å². The van der Waals surface area contributed by atoms with Gasteiger partial charge in [-0.2, -0.15) is 5.10 Å². The molecule has 2 aromatic heterocycles. The summed E-state index contributed by atoms with van der Waals surface area (Å²) in [6, 6.07) is 1.80. The van der Waals surface area contributed by atoms with E-state index in [0.29, 0.717) is 11.3 Å². The molecule has 1 unspecified atom stereocenters. The quantitative estimate of drug-likeness (QED) is 0.881. The zero-order valence-corrected chi connectivity index (χ0v) is 14.6. The van der Waals surface area contributed by atoms with Crippen molar-refractivity contribution < 1.29 is 14.3 Å². The summed E-state index contributed by atoms with van der Waals surface area (Å²) in [6.07, 6.45) is 0.255.